The molecule has 1 amide bonds. The first-order chi connectivity index (χ1) is 7.42. The van der Waals surface area contributed by atoms with Crippen LogP contribution >= 0.6 is 0 Å². The van der Waals surface area contributed by atoms with Crippen LogP contribution in [0.1, 0.15) is 33.6 Å². The third-order valence-corrected chi connectivity index (χ3v) is 2.28. The summed E-state index contributed by atoms with van der Waals surface area (Å²) in [5, 5.41) is 7.14. The molecule has 0 bridgehead atoms. The predicted octanol–water partition coefficient (Wildman–Crippen LogP) is 1.71. The summed E-state index contributed by atoms with van der Waals surface area (Å²) >= 11 is 0. The molecule has 92 valence electrons. The van der Waals surface area contributed by atoms with Crippen LogP contribution in [-0.2, 0) is 4.74 Å². The van der Waals surface area contributed by atoms with Crippen LogP contribution in [0.5, 0.6) is 0 Å². The van der Waals surface area contributed by atoms with E-state index in [1.165, 1.54) is 0 Å². The second-order valence-corrected chi connectivity index (χ2v) is 4.95. The highest BCUT2D eigenvalue weighted by atomic mass is 16.6. The van der Waals surface area contributed by atoms with Gasteiger partial charge < -0.3 is 15.5 Å². The van der Waals surface area contributed by atoms with E-state index < -0.39 is 5.60 Å². The van der Waals surface area contributed by atoms with Crippen molar-refractivity contribution in [3.63, 3.8) is 0 Å². The Morgan fingerprint density at radius 1 is 1.50 bits per heavy atom. The van der Waals surface area contributed by atoms with Crippen molar-refractivity contribution in [1.82, 2.24) is 4.90 Å². The molecule has 0 saturated carbocycles. The van der Waals surface area contributed by atoms with Gasteiger partial charge in [0.2, 0.25) is 0 Å². The molecule has 6 heteroatoms. The fourth-order valence-corrected chi connectivity index (χ4v) is 1.64. The summed E-state index contributed by atoms with van der Waals surface area (Å²) < 4.78 is 5.29. The van der Waals surface area contributed by atoms with Gasteiger partial charge in [-0.3, -0.25) is 0 Å². The summed E-state index contributed by atoms with van der Waals surface area (Å²) in [6, 6.07) is 0.00580. The van der Waals surface area contributed by atoms with Crippen molar-refractivity contribution in [3.8, 4) is 0 Å². The quantitative estimate of drug-likeness (QED) is 0.421. The number of carbonyl (C=O) groups is 1. The lowest BCUT2D eigenvalue weighted by Crippen LogP contribution is -2.44. The molecule has 0 spiro atoms. The first-order valence-electron chi connectivity index (χ1n) is 5.50. The summed E-state index contributed by atoms with van der Waals surface area (Å²) in [6.45, 7) is 6.81. The molecule has 16 heavy (non-hydrogen) atoms. The zero-order chi connectivity index (χ0) is 12.2. The third kappa shape index (κ3) is 4.04. The van der Waals surface area contributed by atoms with Crippen LogP contribution in [0.3, 0.4) is 0 Å². The van der Waals surface area contributed by atoms with Crippen LogP contribution in [0.2, 0.25) is 0 Å². The van der Waals surface area contributed by atoms with Gasteiger partial charge >= 0.3 is 6.09 Å². The molecule has 0 aromatic heterocycles. The molecule has 1 saturated heterocycles. The molecule has 6 nitrogen and oxygen atoms in total. The number of carbonyl (C=O) groups excluding carboxylic acids is 1. The van der Waals surface area contributed by atoms with Gasteiger partial charge in [0.15, 0.2) is 0 Å². The molecular weight excluding hydrogens is 208 g/mol. The Morgan fingerprint density at radius 3 is 2.75 bits per heavy atom. The average Bonchev–Trinajstić information content (AvgIpc) is 2.16. The lowest BCUT2D eigenvalue weighted by atomic mass is 10.1. The molecule has 1 aliphatic rings. The number of nitrogens with zero attached hydrogens (tertiary/aromatic N) is 3. The van der Waals surface area contributed by atoms with Gasteiger partial charge in [-0.05, 0) is 33.6 Å². The van der Waals surface area contributed by atoms with Crippen LogP contribution in [-0.4, -0.2) is 35.7 Å². The van der Waals surface area contributed by atoms with Gasteiger partial charge in [-0.15, -0.1) is 0 Å². The molecule has 0 aromatic carbocycles. The molecule has 1 aliphatic heterocycles. The van der Waals surface area contributed by atoms with E-state index in [0.717, 1.165) is 12.8 Å². The molecule has 0 radical (unpaired) electrons. The Kier molecular flexibility index (Phi) is 4.09. The molecule has 0 aliphatic carbocycles. The van der Waals surface area contributed by atoms with Gasteiger partial charge in [0.05, 0.1) is 6.04 Å². The molecule has 0 aromatic rings. The number of piperidine rings is 1. The average molecular weight is 228 g/mol. The van der Waals surface area contributed by atoms with Crippen LogP contribution in [0.25, 0.3) is 0 Å². The van der Waals surface area contributed by atoms with Crippen molar-refractivity contribution in [3.05, 3.63) is 0 Å². The summed E-state index contributed by atoms with van der Waals surface area (Å²) in [7, 11) is 0. The van der Waals surface area contributed by atoms with Crippen LogP contribution < -0.4 is 5.84 Å². The second-order valence-electron chi connectivity index (χ2n) is 4.95. The molecule has 1 heterocycles. The zero-order valence-electron chi connectivity index (χ0n) is 10.1. The summed E-state index contributed by atoms with van der Waals surface area (Å²) in [5.41, 5.74) is -0.459. The third-order valence-electron chi connectivity index (χ3n) is 2.28. The Hall–Kier alpha value is -1.33. The van der Waals surface area contributed by atoms with Gasteiger partial charge in [0.25, 0.3) is 0 Å². The smallest absolute Gasteiger partial charge is 0.410 e. The number of amides is 1. The highest BCUT2D eigenvalue weighted by molar-refractivity contribution is 5.68. The molecular formula is C10H20N4O2. The van der Waals surface area contributed by atoms with E-state index in [-0.39, 0.29) is 12.1 Å². The van der Waals surface area contributed by atoms with Crippen molar-refractivity contribution in [1.29, 1.82) is 0 Å². The van der Waals surface area contributed by atoms with E-state index in [0.29, 0.717) is 13.1 Å². The van der Waals surface area contributed by atoms with E-state index in [1.54, 1.807) is 4.90 Å². The SMILES string of the molecule is CC(C)(C)OC(=O)N1CCCC(N=NN)C1. The van der Waals surface area contributed by atoms with Crippen molar-refractivity contribution >= 4 is 6.09 Å². The fraction of sp³-hybridized carbons (Fsp3) is 0.900. The van der Waals surface area contributed by atoms with E-state index in [4.69, 9.17) is 10.6 Å². The number of nitrogens with two attached hydrogens (primary N) is 1. The van der Waals surface area contributed by atoms with Gasteiger partial charge in [0, 0.05) is 13.1 Å². The first kappa shape index (κ1) is 12.7. The van der Waals surface area contributed by atoms with Gasteiger partial charge in [0.1, 0.15) is 5.60 Å². The molecule has 1 fully saturated rings. The van der Waals surface area contributed by atoms with Crippen molar-refractivity contribution in [2.75, 3.05) is 13.1 Å². The Bertz CT molecular complexity index is 272. The highest BCUT2D eigenvalue weighted by Crippen LogP contribution is 2.16. The monoisotopic (exact) mass is 228 g/mol. The summed E-state index contributed by atoms with van der Waals surface area (Å²) in [4.78, 5) is 13.4. The van der Waals surface area contributed by atoms with E-state index >= 15 is 0 Å². The number of hydrogen-bond donors (Lipinski definition) is 1. The normalized spacial score (nSPS) is 22.4. The van der Waals surface area contributed by atoms with Crippen molar-refractivity contribution < 1.29 is 9.53 Å². The maximum atomic E-state index is 11.8. The predicted molar refractivity (Wildman–Crippen MR) is 59.9 cm³/mol. The standard InChI is InChI=1S/C10H20N4O2/c1-10(2,3)16-9(15)14-6-4-5-8(7-14)12-13-11/h8H,4-7H2,1-3H3,(H2,11,12). The fourth-order valence-electron chi connectivity index (χ4n) is 1.64. The summed E-state index contributed by atoms with van der Waals surface area (Å²) in [6.07, 6.45) is 1.53. The Labute approximate surface area is 95.8 Å². The molecule has 2 N–H and O–H groups in total. The van der Waals surface area contributed by atoms with Gasteiger partial charge in [-0.25, -0.2) is 4.79 Å². The van der Waals surface area contributed by atoms with E-state index in [1.807, 2.05) is 20.8 Å². The van der Waals surface area contributed by atoms with Crippen LogP contribution in [0.4, 0.5) is 4.79 Å². The number of hydrogen-bond acceptors (Lipinski definition) is 4. The van der Waals surface area contributed by atoms with E-state index in [2.05, 4.69) is 10.3 Å². The summed E-state index contributed by atoms with van der Waals surface area (Å²) in [5.74, 6) is 5.01. The molecule has 1 rings (SSSR count). The Morgan fingerprint density at radius 2 is 2.19 bits per heavy atom. The molecule has 1 atom stereocenters. The Balaban J connectivity index is 2.50. The first-order valence-corrected chi connectivity index (χ1v) is 5.50. The number of rotatable bonds is 1. The lowest BCUT2D eigenvalue weighted by molar-refractivity contribution is 0.0199. The van der Waals surface area contributed by atoms with Crippen LogP contribution in [0, 0.1) is 0 Å². The van der Waals surface area contributed by atoms with Gasteiger partial charge in [-0.1, -0.05) is 5.22 Å². The van der Waals surface area contributed by atoms with Crippen molar-refractivity contribution in [2.24, 2.45) is 16.2 Å². The van der Waals surface area contributed by atoms with Crippen molar-refractivity contribution in [2.45, 2.75) is 45.3 Å². The zero-order valence-corrected chi connectivity index (χ0v) is 10.1. The molecule has 1 unspecified atom stereocenters. The van der Waals surface area contributed by atoms with Gasteiger partial charge in [-0.2, -0.15) is 5.11 Å². The van der Waals surface area contributed by atoms with Crippen LogP contribution in [0.15, 0.2) is 10.3 Å². The van der Waals surface area contributed by atoms with E-state index in [9.17, 15) is 4.79 Å². The maximum absolute atomic E-state index is 11.8. The minimum absolute atomic E-state index is 0.00580. The highest BCUT2D eigenvalue weighted by Gasteiger charge is 2.27. The second kappa shape index (κ2) is 5.14. The number of ether oxygens (including phenoxy) is 1. The lowest BCUT2D eigenvalue weighted by Gasteiger charge is -2.32. The number of likely N-dealkylation sites (tertiary alicyclic amines) is 1. The maximum Gasteiger partial charge on any atom is 0.410 e. The largest absolute Gasteiger partial charge is 0.444 e. The minimum Gasteiger partial charge on any atom is -0.444 e. The topological polar surface area (TPSA) is 80.3 Å². The minimum atomic E-state index is -0.459.